The molecule has 7 nitrogen and oxygen atoms in total. The summed E-state index contributed by atoms with van der Waals surface area (Å²) < 4.78 is 24.4. The van der Waals surface area contributed by atoms with Crippen molar-refractivity contribution in [3.05, 3.63) is 35.6 Å². The standard InChI is InChI=1S/C23H38FN5O2.HI/c1-3-25-23(26-16-19(2)18-28-8-12-30-13-9-28)27-17-22(29-10-14-31-15-11-29)20-4-6-21(24)7-5-20;/h4-7,19,22H,3,8-18H2,1-2H3,(H2,25,26,27);1H. The molecule has 1 aromatic carbocycles. The molecule has 0 bridgehead atoms. The van der Waals surface area contributed by atoms with E-state index in [1.54, 1.807) is 0 Å². The number of benzene rings is 1. The number of nitrogens with zero attached hydrogens (tertiary/aromatic N) is 3. The maximum Gasteiger partial charge on any atom is 0.191 e. The van der Waals surface area contributed by atoms with Gasteiger partial charge in [-0.2, -0.15) is 0 Å². The number of hydrogen-bond acceptors (Lipinski definition) is 5. The van der Waals surface area contributed by atoms with Gasteiger partial charge in [-0.15, -0.1) is 24.0 Å². The highest BCUT2D eigenvalue weighted by Gasteiger charge is 2.23. The second-order valence-electron chi connectivity index (χ2n) is 8.33. The van der Waals surface area contributed by atoms with Crippen LogP contribution in [0, 0.1) is 11.7 Å². The van der Waals surface area contributed by atoms with E-state index in [-0.39, 0.29) is 35.8 Å². The molecule has 0 spiro atoms. The van der Waals surface area contributed by atoms with Gasteiger partial charge >= 0.3 is 0 Å². The van der Waals surface area contributed by atoms with Crippen LogP contribution < -0.4 is 10.6 Å². The molecule has 2 atom stereocenters. The van der Waals surface area contributed by atoms with Crippen LogP contribution >= 0.6 is 24.0 Å². The number of ether oxygens (including phenoxy) is 2. The summed E-state index contributed by atoms with van der Waals surface area (Å²) in [5, 5.41) is 6.88. The van der Waals surface area contributed by atoms with E-state index in [9.17, 15) is 4.39 Å². The fourth-order valence-corrected chi connectivity index (χ4v) is 4.10. The monoisotopic (exact) mass is 563 g/mol. The summed E-state index contributed by atoms with van der Waals surface area (Å²) in [6, 6.07) is 6.97. The topological polar surface area (TPSA) is 61.4 Å². The zero-order chi connectivity index (χ0) is 21.9. The summed E-state index contributed by atoms with van der Waals surface area (Å²) >= 11 is 0. The molecule has 2 fully saturated rings. The van der Waals surface area contributed by atoms with Crippen molar-refractivity contribution in [2.75, 3.05) is 78.8 Å². The van der Waals surface area contributed by atoms with Crippen molar-refractivity contribution < 1.29 is 13.9 Å². The van der Waals surface area contributed by atoms with Crippen LogP contribution in [0.4, 0.5) is 4.39 Å². The van der Waals surface area contributed by atoms with Gasteiger partial charge in [0.05, 0.1) is 32.5 Å². The van der Waals surface area contributed by atoms with Crippen LogP contribution in [0.25, 0.3) is 0 Å². The quantitative estimate of drug-likeness (QED) is 0.274. The van der Waals surface area contributed by atoms with E-state index in [2.05, 4.69) is 34.3 Å². The second-order valence-corrected chi connectivity index (χ2v) is 8.33. The molecule has 2 aliphatic heterocycles. The molecule has 182 valence electrons. The van der Waals surface area contributed by atoms with Gasteiger partial charge in [0.1, 0.15) is 5.82 Å². The molecule has 2 aliphatic rings. The lowest BCUT2D eigenvalue weighted by atomic mass is 10.0. The van der Waals surface area contributed by atoms with Crippen LogP contribution in [0.2, 0.25) is 0 Å². The molecule has 1 aromatic rings. The average Bonchev–Trinajstić information content (AvgIpc) is 2.80. The first-order valence-corrected chi connectivity index (χ1v) is 11.5. The van der Waals surface area contributed by atoms with Gasteiger partial charge < -0.3 is 20.1 Å². The van der Waals surface area contributed by atoms with E-state index in [0.29, 0.717) is 12.5 Å². The third-order valence-electron chi connectivity index (χ3n) is 5.78. The molecule has 0 saturated carbocycles. The number of aliphatic imine (C=N–C) groups is 1. The van der Waals surface area contributed by atoms with E-state index in [0.717, 1.165) is 83.8 Å². The van der Waals surface area contributed by atoms with E-state index in [4.69, 9.17) is 14.5 Å². The third-order valence-corrected chi connectivity index (χ3v) is 5.78. The van der Waals surface area contributed by atoms with Crippen LogP contribution in [0.3, 0.4) is 0 Å². The molecule has 0 aliphatic carbocycles. The Hall–Kier alpha value is -1.01. The Bertz CT molecular complexity index is 667. The van der Waals surface area contributed by atoms with E-state index >= 15 is 0 Å². The molecular weight excluding hydrogens is 524 g/mol. The molecule has 2 N–H and O–H groups in total. The number of rotatable bonds is 9. The van der Waals surface area contributed by atoms with Gasteiger partial charge in [-0.05, 0) is 30.5 Å². The van der Waals surface area contributed by atoms with Gasteiger partial charge in [0.2, 0.25) is 0 Å². The van der Waals surface area contributed by atoms with Gasteiger partial charge in [-0.3, -0.25) is 14.8 Å². The summed E-state index contributed by atoms with van der Waals surface area (Å²) in [7, 11) is 0. The summed E-state index contributed by atoms with van der Waals surface area (Å²) in [6.45, 7) is 14.5. The highest BCUT2D eigenvalue weighted by Crippen LogP contribution is 2.21. The number of guanidine groups is 1. The van der Waals surface area contributed by atoms with Crippen molar-refractivity contribution in [1.82, 2.24) is 20.4 Å². The van der Waals surface area contributed by atoms with E-state index in [1.807, 2.05) is 12.1 Å². The van der Waals surface area contributed by atoms with Crippen LogP contribution in [-0.4, -0.2) is 94.5 Å². The van der Waals surface area contributed by atoms with Crippen LogP contribution in [0.1, 0.15) is 25.5 Å². The Kier molecular flexibility index (Phi) is 12.8. The Morgan fingerprint density at radius 2 is 1.66 bits per heavy atom. The lowest BCUT2D eigenvalue weighted by Gasteiger charge is -2.35. The molecule has 2 heterocycles. The van der Waals surface area contributed by atoms with E-state index < -0.39 is 0 Å². The average molecular weight is 564 g/mol. The first kappa shape index (κ1) is 27.2. The molecule has 0 amide bonds. The van der Waals surface area contributed by atoms with Gasteiger partial charge in [-0.25, -0.2) is 4.39 Å². The zero-order valence-electron chi connectivity index (χ0n) is 19.4. The third kappa shape index (κ3) is 9.09. The van der Waals surface area contributed by atoms with Crippen molar-refractivity contribution in [2.45, 2.75) is 19.9 Å². The normalized spacial score (nSPS) is 20.3. The molecule has 2 unspecified atom stereocenters. The van der Waals surface area contributed by atoms with Crippen molar-refractivity contribution in [3.63, 3.8) is 0 Å². The Morgan fingerprint density at radius 1 is 1.03 bits per heavy atom. The molecule has 3 rings (SSSR count). The van der Waals surface area contributed by atoms with Crippen LogP contribution in [0.5, 0.6) is 0 Å². The maximum atomic E-state index is 13.5. The van der Waals surface area contributed by atoms with Crippen LogP contribution in [-0.2, 0) is 9.47 Å². The lowest BCUT2D eigenvalue weighted by molar-refractivity contribution is 0.0170. The summed E-state index contributed by atoms with van der Waals surface area (Å²) in [4.78, 5) is 9.69. The number of hydrogen-bond donors (Lipinski definition) is 2. The van der Waals surface area contributed by atoms with Gasteiger partial charge in [0, 0.05) is 52.4 Å². The molecular formula is C23H39FIN5O2. The highest BCUT2D eigenvalue weighted by molar-refractivity contribution is 14.0. The smallest absolute Gasteiger partial charge is 0.191 e. The largest absolute Gasteiger partial charge is 0.379 e. The molecule has 9 heteroatoms. The Morgan fingerprint density at radius 3 is 2.28 bits per heavy atom. The Balaban J connectivity index is 0.00000363. The fraction of sp³-hybridized carbons (Fsp3) is 0.696. The number of morpholine rings is 2. The number of nitrogens with one attached hydrogen (secondary N) is 2. The lowest BCUT2D eigenvalue weighted by Crippen LogP contribution is -2.46. The highest BCUT2D eigenvalue weighted by atomic mass is 127. The minimum Gasteiger partial charge on any atom is -0.379 e. The second kappa shape index (κ2) is 15.0. The van der Waals surface area contributed by atoms with Crippen molar-refractivity contribution in [2.24, 2.45) is 10.9 Å². The predicted octanol–water partition coefficient (Wildman–Crippen LogP) is 2.34. The van der Waals surface area contributed by atoms with Gasteiger partial charge in [0.15, 0.2) is 5.96 Å². The van der Waals surface area contributed by atoms with Crippen molar-refractivity contribution in [1.29, 1.82) is 0 Å². The first-order valence-electron chi connectivity index (χ1n) is 11.5. The minimum absolute atomic E-state index is 0. The van der Waals surface area contributed by atoms with Gasteiger partial charge in [-0.1, -0.05) is 19.1 Å². The van der Waals surface area contributed by atoms with Crippen molar-refractivity contribution >= 4 is 29.9 Å². The summed E-state index contributed by atoms with van der Waals surface area (Å²) in [6.07, 6.45) is 0. The molecule has 32 heavy (non-hydrogen) atoms. The summed E-state index contributed by atoms with van der Waals surface area (Å²) in [5.74, 6) is 1.10. The predicted molar refractivity (Wildman–Crippen MR) is 137 cm³/mol. The zero-order valence-corrected chi connectivity index (χ0v) is 21.7. The number of halogens is 2. The van der Waals surface area contributed by atoms with Crippen LogP contribution in [0.15, 0.2) is 29.3 Å². The Labute approximate surface area is 209 Å². The van der Waals surface area contributed by atoms with E-state index in [1.165, 1.54) is 12.1 Å². The van der Waals surface area contributed by atoms with Crippen molar-refractivity contribution in [3.8, 4) is 0 Å². The fourth-order valence-electron chi connectivity index (χ4n) is 4.10. The maximum absolute atomic E-state index is 13.5. The SMILES string of the molecule is CCNC(=NCC(C)CN1CCOCC1)NCC(c1ccc(F)cc1)N1CCOCC1.I. The summed E-state index contributed by atoms with van der Waals surface area (Å²) in [5.41, 5.74) is 1.10. The first-order chi connectivity index (χ1) is 15.2. The molecule has 0 radical (unpaired) electrons. The minimum atomic E-state index is -0.207. The van der Waals surface area contributed by atoms with Gasteiger partial charge in [0.25, 0.3) is 0 Å². The molecule has 2 saturated heterocycles. The molecule has 0 aromatic heterocycles.